The molecule has 0 bridgehead atoms. The standard InChI is InChI=1S/C17H28O2Si/c1-15(9-8-12-20(2,3)4)17(18)14-19-13-16-10-6-5-7-11-16/h5-11,15,17-18H,12-14H2,1-4H3/b9-8+/t15-,17-/m1/s1. The highest BCUT2D eigenvalue weighted by atomic mass is 28.3. The van der Waals surface area contributed by atoms with Crippen LogP contribution >= 0.6 is 0 Å². The Balaban J connectivity index is 2.26. The lowest BCUT2D eigenvalue weighted by molar-refractivity contribution is 0.0117. The summed E-state index contributed by atoms with van der Waals surface area (Å²) in [5, 5.41) is 10.1. The zero-order chi connectivity index (χ0) is 15.0. The van der Waals surface area contributed by atoms with Crippen molar-refractivity contribution in [2.75, 3.05) is 6.61 Å². The minimum absolute atomic E-state index is 0.141. The first kappa shape index (κ1) is 17.1. The molecule has 2 atom stereocenters. The zero-order valence-corrected chi connectivity index (χ0v) is 14.2. The van der Waals surface area contributed by atoms with Crippen molar-refractivity contribution in [2.45, 2.75) is 45.3 Å². The van der Waals surface area contributed by atoms with Crippen LogP contribution in [0, 0.1) is 5.92 Å². The molecule has 112 valence electrons. The third-order valence-electron chi connectivity index (χ3n) is 3.18. The molecule has 0 heterocycles. The van der Waals surface area contributed by atoms with E-state index in [1.54, 1.807) is 0 Å². The van der Waals surface area contributed by atoms with E-state index < -0.39 is 14.2 Å². The Kier molecular flexibility index (Phi) is 7.20. The molecule has 0 aromatic heterocycles. The van der Waals surface area contributed by atoms with Crippen molar-refractivity contribution in [3.05, 3.63) is 48.0 Å². The fourth-order valence-electron chi connectivity index (χ4n) is 1.79. The lowest BCUT2D eigenvalue weighted by Gasteiger charge is -2.17. The van der Waals surface area contributed by atoms with Gasteiger partial charge in [0.2, 0.25) is 0 Å². The smallest absolute Gasteiger partial charge is 0.0833 e. The van der Waals surface area contributed by atoms with Crippen LogP contribution in [0.5, 0.6) is 0 Å². The molecule has 0 amide bonds. The predicted octanol–water partition coefficient (Wildman–Crippen LogP) is 4.09. The van der Waals surface area contributed by atoms with Crippen molar-refractivity contribution >= 4 is 8.07 Å². The van der Waals surface area contributed by atoms with E-state index in [9.17, 15) is 5.11 Å². The van der Waals surface area contributed by atoms with Crippen LogP contribution in [0.15, 0.2) is 42.5 Å². The predicted molar refractivity (Wildman–Crippen MR) is 88.6 cm³/mol. The van der Waals surface area contributed by atoms with E-state index in [1.807, 2.05) is 37.3 Å². The molecular formula is C17H28O2Si. The number of aliphatic hydroxyl groups excluding tert-OH is 1. The minimum atomic E-state index is -1.03. The molecule has 3 heteroatoms. The van der Waals surface area contributed by atoms with Crippen molar-refractivity contribution in [1.82, 2.24) is 0 Å². The summed E-state index contributed by atoms with van der Waals surface area (Å²) in [6.07, 6.45) is 3.91. The van der Waals surface area contributed by atoms with Gasteiger partial charge < -0.3 is 9.84 Å². The fraction of sp³-hybridized carbons (Fsp3) is 0.529. The molecule has 0 aliphatic carbocycles. The van der Waals surface area contributed by atoms with Crippen LogP contribution in [0.3, 0.4) is 0 Å². The quantitative estimate of drug-likeness (QED) is 0.577. The molecule has 1 N–H and O–H groups in total. The second kappa shape index (κ2) is 8.40. The summed E-state index contributed by atoms with van der Waals surface area (Å²) < 4.78 is 5.57. The minimum Gasteiger partial charge on any atom is -0.390 e. The molecule has 1 rings (SSSR count). The van der Waals surface area contributed by atoms with Gasteiger partial charge in [0.15, 0.2) is 0 Å². The van der Waals surface area contributed by atoms with Crippen LogP contribution in [-0.4, -0.2) is 25.9 Å². The molecule has 0 radical (unpaired) electrons. The summed E-state index contributed by atoms with van der Waals surface area (Å²) in [6.45, 7) is 10.0. The van der Waals surface area contributed by atoms with Crippen molar-refractivity contribution in [2.24, 2.45) is 5.92 Å². The second-order valence-corrected chi connectivity index (χ2v) is 12.1. The van der Waals surface area contributed by atoms with Crippen LogP contribution in [0.2, 0.25) is 25.7 Å². The van der Waals surface area contributed by atoms with E-state index in [1.165, 1.54) is 0 Å². The summed E-state index contributed by atoms with van der Waals surface area (Å²) in [6, 6.07) is 11.2. The van der Waals surface area contributed by atoms with Gasteiger partial charge in [-0.1, -0.05) is 69.0 Å². The first-order valence-corrected chi connectivity index (χ1v) is 11.1. The number of allylic oxidation sites excluding steroid dienone is 1. The number of benzene rings is 1. The molecule has 0 aliphatic heterocycles. The molecule has 2 nitrogen and oxygen atoms in total. The highest BCUT2D eigenvalue weighted by Crippen LogP contribution is 2.12. The van der Waals surface area contributed by atoms with Crippen LogP contribution in [0.25, 0.3) is 0 Å². The summed E-state index contributed by atoms with van der Waals surface area (Å²) in [5.41, 5.74) is 1.14. The van der Waals surface area contributed by atoms with E-state index in [4.69, 9.17) is 4.74 Å². The highest BCUT2D eigenvalue weighted by molar-refractivity contribution is 6.76. The number of ether oxygens (including phenoxy) is 1. The zero-order valence-electron chi connectivity index (χ0n) is 13.2. The summed E-state index contributed by atoms with van der Waals surface area (Å²) in [5.74, 6) is 0.141. The highest BCUT2D eigenvalue weighted by Gasteiger charge is 2.13. The third-order valence-corrected chi connectivity index (χ3v) is 4.64. The average Bonchev–Trinajstić information content (AvgIpc) is 2.38. The maximum atomic E-state index is 10.1. The Morgan fingerprint density at radius 2 is 1.85 bits per heavy atom. The molecular weight excluding hydrogens is 264 g/mol. The second-order valence-electron chi connectivity index (χ2n) is 6.62. The Labute approximate surface area is 124 Å². The van der Waals surface area contributed by atoms with Crippen molar-refractivity contribution in [3.63, 3.8) is 0 Å². The normalized spacial score (nSPS) is 15.4. The van der Waals surface area contributed by atoms with Crippen LogP contribution < -0.4 is 0 Å². The Morgan fingerprint density at radius 3 is 2.45 bits per heavy atom. The molecule has 0 spiro atoms. The van der Waals surface area contributed by atoms with Gasteiger partial charge in [-0.2, -0.15) is 0 Å². The Bertz CT molecular complexity index is 395. The van der Waals surface area contributed by atoms with Gasteiger partial charge in [-0.3, -0.25) is 0 Å². The van der Waals surface area contributed by atoms with Gasteiger partial charge >= 0.3 is 0 Å². The lowest BCUT2D eigenvalue weighted by Crippen LogP contribution is -2.23. The molecule has 0 saturated carbocycles. The van der Waals surface area contributed by atoms with E-state index in [0.717, 1.165) is 11.6 Å². The first-order valence-electron chi connectivity index (χ1n) is 7.35. The topological polar surface area (TPSA) is 29.5 Å². The summed E-state index contributed by atoms with van der Waals surface area (Å²) in [4.78, 5) is 0. The van der Waals surface area contributed by atoms with Gasteiger partial charge in [-0.25, -0.2) is 0 Å². The van der Waals surface area contributed by atoms with Gasteiger partial charge in [-0.05, 0) is 11.6 Å². The number of hydrogen-bond acceptors (Lipinski definition) is 2. The SMILES string of the molecule is C[C@H](/C=C/C[Si](C)(C)C)[C@H](O)COCc1ccccc1. The van der Waals surface area contributed by atoms with E-state index in [0.29, 0.717) is 13.2 Å². The van der Waals surface area contributed by atoms with E-state index in [-0.39, 0.29) is 5.92 Å². The Hall–Kier alpha value is -0.903. The molecule has 0 saturated heterocycles. The fourth-order valence-corrected chi connectivity index (χ4v) is 2.63. The van der Waals surface area contributed by atoms with E-state index in [2.05, 4.69) is 31.8 Å². The summed E-state index contributed by atoms with van der Waals surface area (Å²) in [7, 11) is -1.03. The van der Waals surface area contributed by atoms with Gasteiger partial charge in [0.25, 0.3) is 0 Å². The van der Waals surface area contributed by atoms with Crippen molar-refractivity contribution in [1.29, 1.82) is 0 Å². The van der Waals surface area contributed by atoms with Crippen molar-refractivity contribution in [3.8, 4) is 0 Å². The lowest BCUT2D eigenvalue weighted by atomic mass is 10.1. The monoisotopic (exact) mass is 292 g/mol. The largest absolute Gasteiger partial charge is 0.390 e. The van der Waals surface area contributed by atoms with Crippen molar-refractivity contribution < 1.29 is 9.84 Å². The maximum absolute atomic E-state index is 10.1. The third kappa shape index (κ3) is 7.63. The van der Waals surface area contributed by atoms with Crippen LogP contribution in [0.1, 0.15) is 12.5 Å². The molecule has 1 aromatic rings. The molecule has 0 fully saturated rings. The van der Waals surface area contributed by atoms with Gasteiger partial charge in [0.1, 0.15) is 0 Å². The van der Waals surface area contributed by atoms with Gasteiger partial charge in [0.05, 0.1) is 19.3 Å². The molecule has 1 aromatic carbocycles. The van der Waals surface area contributed by atoms with Gasteiger partial charge in [-0.15, -0.1) is 0 Å². The maximum Gasteiger partial charge on any atom is 0.0833 e. The van der Waals surface area contributed by atoms with Crippen LogP contribution in [-0.2, 0) is 11.3 Å². The number of aliphatic hydroxyl groups is 1. The first-order chi connectivity index (χ1) is 9.38. The number of rotatable bonds is 8. The summed E-state index contributed by atoms with van der Waals surface area (Å²) >= 11 is 0. The average molecular weight is 292 g/mol. The molecule has 0 aliphatic rings. The number of hydrogen-bond donors (Lipinski definition) is 1. The molecule has 0 unspecified atom stereocenters. The van der Waals surface area contributed by atoms with Crippen LogP contribution in [0.4, 0.5) is 0 Å². The van der Waals surface area contributed by atoms with Gasteiger partial charge in [0, 0.05) is 14.0 Å². The Morgan fingerprint density at radius 1 is 1.20 bits per heavy atom. The molecule has 20 heavy (non-hydrogen) atoms. The van der Waals surface area contributed by atoms with E-state index >= 15 is 0 Å².